The van der Waals surface area contributed by atoms with E-state index in [-0.39, 0.29) is 18.0 Å². The van der Waals surface area contributed by atoms with Crippen molar-refractivity contribution in [3.05, 3.63) is 16.9 Å². The third-order valence-electron chi connectivity index (χ3n) is 3.72. The summed E-state index contributed by atoms with van der Waals surface area (Å²) < 4.78 is 1.68. The number of hydrogen-bond donors (Lipinski definition) is 0. The summed E-state index contributed by atoms with van der Waals surface area (Å²) in [5.74, 6) is 0.0130. The van der Waals surface area contributed by atoms with Crippen LogP contribution in [0.1, 0.15) is 50.5 Å². The maximum Gasteiger partial charge on any atom is 0.274 e. The summed E-state index contributed by atoms with van der Waals surface area (Å²) >= 11 is 6.10. The number of aryl methyl sites for hydroxylation is 1. The molecule has 0 aromatic carbocycles. The minimum Gasteiger partial charge on any atom is -0.332 e. The molecule has 0 unspecified atom stereocenters. The maximum absolute atomic E-state index is 12.7. The van der Waals surface area contributed by atoms with Gasteiger partial charge in [-0.3, -0.25) is 9.48 Å². The fourth-order valence-electron chi connectivity index (χ4n) is 2.76. The third-order valence-corrected chi connectivity index (χ3v) is 4.00. The van der Waals surface area contributed by atoms with Crippen LogP contribution in [0.2, 0.25) is 5.02 Å². The van der Waals surface area contributed by atoms with Crippen molar-refractivity contribution < 1.29 is 4.79 Å². The van der Waals surface area contributed by atoms with Gasteiger partial charge in [-0.2, -0.15) is 5.10 Å². The van der Waals surface area contributed by atoms with Crippen molar-refractivity contribution in [2.45, 2.75) is 58.7 Å². The topological polar surface area (TPSA) is 38.1 Å². The lowest BCUT2D eigenvalue weighted by Gasteiger charge is -2.39. The molecule has 2 heterocycles. The van der Waals surface area contributed by atoms with Gasteiger partial charge >= 0.3 is 0 Å². The van der Waals surface area contributed by atoms with E-state index >= 15 is 0 Å². The van der Waals surface area contributed by atoms with Gasteiger partial charge in [-0.15, -0.1) is 0 Å². The molecule has 100 valence electrons. The molecule has 0 N–H and O–H groups in total. The predicted octanol–water partition coefficient (Wildman–Crippen LogP) is 2.96. The Morgan fingerprint density at radius 2 is 2.06 bits per heavy atom. The molecule has 1 aromatic rings. The highest BCUT2D eigenvalue weighted by Gasteiger charge is 2.32. The first-order valence-corrected chi connectivity index (χ1v) is 6.98. The number of carbonyl (C=O) groups is 1. The highest BCUT2D eigenvalue weighted by molar-refractivity contribution is 6.33. The second-order valence-corrected chi connectivity index (χ2v) is 5.41. The minimum atomic E-state index is 0.0130. The zero-order valence-electron chi connectivity index (χ0n) is 11.2. The van der Waals surface area contributed by atoms with E-state index in [1.807, 2.05) is 11.8 Å². The summed E-state index contributed by atoms with van der Waals surface area (Å²) in [6.45, 7) is 6.83. The molecule has 4 nitrogen and oxygen atoms in total. The second kappa shape index (κ2) is 5.31. The van der Waals surface area contributed by atoms with Crippen LogP contribution in [0.5, 0.6) is 0 Å². The molecule has 0 saturated carbocycles. The minimum absolute atomic E-state index is 0.0130. The Hall–Kier alpha value is -1.03. The smallest absolute Gasteiger partial charge is 0.274 e. The van der Waals surface area contributed by atoms with Crippen molar-refractivity contribution in [3.63, 3.8) is 0 Å². The molecule has 1 fully saturated rings. The molecule has 0 bridgehead atoms. The Morgan fingerprint density at radius 1 is 1.44 bits per heavy atom. The first kappa shape index (κ1) is 13.4. The van der Waals surface area contributed by atoms with Crippen molar-refractivity contribution in [2.75, 3.05) is 0 Å². The lowest BCUT2D eigenvalue weighted by molar-refractivity contribution is 0.0498. The molecule has 5 heteroatoms. The third kappa shape index (κ3) is 2.26. The van der Waals surface area contributed by atoms with E-state index in [4.69, 9.17) is 11.6 Å². The van der Waals surface area contributed by atoms with E-state index in [9.17, 15) is 4.79 Å². The number of hydrogen-bond acceptors (Lipinski definition) is 2. The van der Waals surface area contributed by atoms with Gasteiger partial charge in [0.05, 0.1) is 11.2 Å². The van der Waals surface area contributed by atoms with E-state index in [0.717, 1.165) is 12.8 Å². The van der Waals surface area contributed by atoms with Crippen molar-refractivity contribution in [3.8, 4) is 0 Å². The van der Waals surface area contributed by atoms with Gasteiger partial charge in [0.25, 0.3) is 5.91 Å². The number of halogens is 1. The van der Waals surface area contributed by atoms with Gasteiger partial charge in [0.1, 0.15) is 5.69 Å². The van der Waals surface area contributed by atoms with Gasteiger partial charge in [-0.05, 0) is 40.0 Å². The number of piperidine rings is 1. The highest BCUT2D eigenvalue weighted by atomic mass is 35.5. The molecule has 1 amide bonds. The molecule has 1 aliphatic rings. The molecule has 0 aliphatic carbocycles. The van der Waals surface area contributed by atoms with Crippen LogP contribution in [0.25, 0.3) is 0 Å². The summed E-state index contributed by atoms with van der Waals surface area (Å²) in [5, 5.41) is 4.59. The number of nitrogens with zero attached hydrogens (tertiary/aromatic N) is 3. The Morgan fingerprint density at radius 3 is 2.61 bits per heavy atom. The van der Waals surface area contributed by atoms with Crippen LogP contribution in [0.3, 0.4) is 0 Å². The molecule has 2 rings (SSSR count). The second-order valence-electron chi connectivity index (χ2n) is 5.00. The molecule has 18 heavy (non-hydrogen) atoms. The van der Waals surface area contributed by atoms with E-state index in [0.29, 0.717) is 17.3 Å². The number of carbonyl (C=O) groups excluding carboxylic acids is 1. The summed E-state index contributed by atoms with van der Waals surface area (Å²) in [6.07, 6.45) is 4.87. The SMILES string of the molecule is CCn1ncc(Cl)c1C(=O)N1[C@@H](C)CCC[C@@H]1C. The average Bonchev–Trinajstić information content (AvgIpc) is 2.70. The number of likely N-dealkylation sites (tertiary alicyclic amines) is 1. The number of aromatic nitrogens is 2. The standard InChI is InChI=1S/C13H20ClN3O/c1-4-16-12(11(14)8-15-16)13(18)17-9(2)6-5-7-10(17)3/h8-10H,4-7H2,1-3H3/t9-,10-/m0/s1. The van der Waals surface area contributed by atoms with Gasteiger partial charge in [-0.25, -0.2) is 0 Å². The van der Waals surface area contributed by atoms with Gasteiger partial charge in [0, 0.05) is 18.6 Å². The van der Waals surface area contributed by atoms with Crippen LogP contribution >= 0.6 is 11.6 Å². The van der Waals surface area contributed by atoms with Crippen LogP contribution < -0.4 is 0 Å². The fourth-order valence-corrected chi connectivity index (χ4v) is 2.98. The molecular weight excluding hydrogens is 250 g/mol. The summed E-state index contributed by atoms with van der Waals surface area (Å²) in [5.41, 5.74) is 0.528. The van der Waals surface area contributed by atoms with Crippen LogP contribution in [-0.2, 0) is 6.54 Å². The molecule has 1 aliphatic heterocycles. The van der Waals surface area contributed by atoms with E-state index < -0.39 is 0 Å². The maximum atomic E-state index is 12.7. The Kier molecular flexibility index (Phi) is 3.95. The zero-order chi connectivity index (χ0) is 13.3. The van der Waals surface area contributed by atoms with Gasteiger partial charge < -0.3 is 4.90 Å². The average molecular weight is 270 g/mol. The quantitative estimate of drug-likeness (QED) is 0.828. The lowest BCUT2D eigenvalue weighted by atomic mass is 9.97. The van der Waals surface area contributed by atoms with Gasteiger partial charge in [0.15, 0.2) is 0 Å². The Balaban J connectivity index is 2.32. The van der Waals surface area contributed by atoms with Crippen LogP contribution in [-0.4, -0.2) is 32.7 Å². The van der Waals surface area contributed by atoms with Gasteiger partial charge in [-0.1, -0.05) is 11.6 Å². The predicted molar refractivity (Wildman–Crippen MR) is 71.9 cm³/mol. The van der Waals surface area contributed by atoms with Crippen LogP contribution in [0, 0.1) is 0 Å². The highest BCUT2D eigenvalue weighted by Crippen LogP contribution is 2.26. The number of rotatable bonds is 2. The monoisotopic (exact) mass is 269 g/mol. The van der Waals surface area contributed by atoms with Crippen molar-refractivity contribution in [1.29, 1.82) is 0 Å². The van der Waals surface area contributed by atoms with Gasteiger partial charge in [0.2, 0.25) is 0 Å². The first-order valence-electron chi connectivity index (χ1n) is 6.60. The summed E-state index contributed by atoms with van der Waals surface area (Å²) in [7, 11) is 0. The van der Waals surface area contributed by atoms with Crippen LogP contribution in [0.4, 0.5) is 0 Å². The van der Waals surface area contributed by atoms with Crippen molar-refractivity contribution >= 4 is 17.5 Å². The molecule has 0 spiro atoms. The van der Waals surface area contributed by atoms with E-state index in [1.165, 1.54) is 6.42 Å². The largest absolute Gasteiger partial charge is 0.332 e. The molecule has 1 saturated heterocycles. The Labute approximate surface area is 113 Å². The van der Waals surface area contributed by atoms with Crippen molar-refractivity contribution in [1.82, 2.24) is 14.7 Å². The molecule has 1 aromatic heterocycles. The summed E-state index contributed by atoms with van der Waals surface area (Å²) in [4.78, 5) is 14.6. The molecule has 0 radical (unpaired) electrons. The normalized spacial score (nSPS) is 24.3. The zero-order valence-corrected chi connectivity index (χ0v) is 11.9. The molecular formula is C13H20ClN3O. The number of amides is 1. The first-order chi connectivity index (χ1) is 8.56. The van der Waals surface area contributed by atoms with E-state index in [1.54, 1.807) is 10.9 Å². The van der Waals surface area contributed by atoms with Crippen molar-refractivity contribution in [2.24, 2.45) is 0 Å². The van der Waals surface area contributed by atoms with E-state index in [2.05, 4.69) is 18.9 Å². The summed E-state index contributed by atoms with van der Waals surface area (Å²) in [6, 6.07) is 0.551. The van der Waals surface area contributed by atoms with Crippen LogP contribution in [0.15, 0.2) is 6.20 Å². The lowest BCUT2D eigenvalue weighted by Crippen LogP contribution is -2.48. The molecule has 2 atom stereocenters. The Bertz CT molecular complexity index is 433. The fraction of sp³-hybridized carbons (Fsp3) is 0.692.